The predicted molar refractivity (Wildman–Crippen MR) is 116 cm³/mol. The van der Waals surface area contributed by atoms with Crippen LogP contribution in [0, 0.1) is 11.8 Å². The average molecular weight is 412 g/mol. The average Bonchev–Trinajstić information content (AvgIpc) is 3.53. The van der Waals surface area contributed by atoms with Crippen LogP contribution >= 0.6 is 0 Å². The van der Waals surface area contributed by atoms with Crippen molar-refractivity contribution in [2.45, 2.75) is 57.1 Å². The van der Waals surface area contributed by atoms with Gasteiger partial charge in [-0.05, 0) is 56.2 Å². The monoisotopic (exact) mass is 411 g/mol. The lowest BCUT2D eigenvalue weighted by Crippen LogP contribution is -2.42. The zero-order chi connectivity index (χ0) is 20.9. The Hall–Kier alpha value is -2.34. The molecule has 3 aliphatic rings. The molecule has 1 aromatic carbocycles. The summed E-state index contributed by atoms with van der Waals surface area (Å²) in [6, 6.07) is 7.58. The minimum atomic E-state index is -0.0658. The summed E-state index contributed by atoms with van der Waals surface area (Å²) in [5, 5.41) is 3.01. The molecule has 0 radical (unpaired) electrons. The number of rotatable bonds is 8. The summed E-state index contributed by atoms with van der Waals surface area (Å²) in [6.07, 6.45) is 11.2. The largest absolute Gasteiger partial charge is 0.490 e. The van der Waals surface area contributed by atoms with Gasteiger partial charge in [0.15, 0.2) is 0 Å². The number of nitrogens with zero attached hydrogens (tertiary/aromatic N) is 1. The fraction of sp³-hybridized carbons (Fsp3) is 0.583. The van der Waals surface area contributed by atoms with Gasteiger partial charge >= 0.3 is 0 Å². The van der Waals surface area contributed by atoms with Crippen LogP contribution in [0.15, 0.2) is 36.4 Å². The number of hydrogen-bond acceptors (Lipinski definition) is 4. The van der Waals surface area contributed by atoms with Crippen LogP contribution in [0.2, 0.25) is 0 Å². The van der Waals surface area contributed by atoms with Crippen molar-refractivity contribution < 1.29 is 14.3 Å². The third-order valence-electron chi connectivity index (χ3n) is 6.32. The molecule has 2 atom stereocenters. The van der Waals surface area contributed by atoms with Gasteiger partial charge in [0.2, 0.25) is 5.91 Å². The maximum absolute atomic E-state index is 12.5. The molecule has 2 aliphatic carbocycles. The van der Waals surface area contributed by atoms with Crippen LogP contribution < -0.4 is 15.8 Å². The van der Waals surface area contributed by atoms with Crippen LogP contribution in [-0.4, -0.2) is 48.5 Å². The summed E-state index contributed by atoms with van der Waals surface area (Å²) >= 11 is 0. The molecule has 2 fully saturated rings. The molecule has 1 heterocycles. The third kappa shape index (κ3) is 5.63. The molecular formula is C24H33N3O3. The van der Waals surface area contributed by atoms with Gasteiger partial charge < -0.3 is 20.7 Å². The first kappa shape index (κ1) is 20.9. The number of likely N-dealkylation sites (tertiary alicyclic amines) is 1. The number of hydrogen-bond donors (Lipinski definition) is 2. The molecule has 162 valence electrons. The first-order chi connectivity index (χ1) is 14.6. The molecule has 2 amide bonds. The Morgan fingerprint density at radius 3 is 2.63 bits per heavy atom. The Morgan fingerprint density at radius 1 is 1.13 bits per heavy atom. The molecular weight excluding hydrogens is 378 g/mol. The lowest BCUT2D eigenvalue weighted by atomic mass is 10.0. The summed E-state index contributed by atoms with van der Waals surface area (Å²) < 4.78 is 6.12. The zero-order valence-corrected chi connectivity index (χ0v) is 17.6. The van der Waals surface area contributed by atoms with Gasteiger partial charge in [0.25, 0.3) is 5.91 Å². The normalized spacial score (nSPS) is 24.1. The highest BCUT2D eigenvalue weighted by molar-refractivity contribution is 5.94. The summed E-state index contributed by atoms with van der Waals surface area (Å²) in [6.45, 7) is 2.19. The van der Waals surface area contributed by atoms with Crippen LogP contribution in [0.3, 0.4) is 0 Å². The topological polar surface area (TPSA) is 84.7 Å². The zero-order valence-electron chi connectivity index (χ0n) is 17.6. The van der Waals surface area contributed by atoms with Gasteiger partial charge in [0.1, 0.15) is 11.9 Å². The molecule has 1 aromatic rings. The van der Waals surface area contributed by atoms with Crippen LogP contribution in [-0.2, 0) is 4.79 Å². The number of nitrogens with one attached hydrogen (secondary N) is 1. The summed E-state index contributed by atoms with van der Waals surface area (Å²) in [5.74, 6) is 1.80. The minimum Gasteiger partial charge on any atom is -0.490 e. The Balaban J connectivity index is 1.19. The number of amides is 2. The van der Waals surface area contributed by atoms with Crippen molar-refractivity contribution in [1.29, 1.82) is 0 Å². The van der Waals surface area contributed by atoms with E-state index < -0.39 is 0 Å². The highest BCUT2D eigenvalue weighted by Gasteiger charge is 2.35. The molecule has 1 saturated heterocycles. The number of carbonyl (C=O) groups is 2. The molecule has 3 N–H and O–H groups in total. The number of piperidine rings is 1. The van der Waals surface area contributed by atoms with Gasteiger partial charge in [0, 0.05) is 50.0 Å². The highest BCUT2D eigenvalue weighted by atomic mass is 16.5. The molecule has 1 aliphatic heterocycles. The second-order valence-electron chi connectivity index (χ2n) is 8.89. The first-order valence-corrected chi connectivity index (χ1v) is 11.4. The van der Waals surface area contributed by atoms with E-state index in [1.807, 2.05) is 29.2 Å². The first-order valence-electron chi connectivity index (χ1n) is 11.4. The van der Waals surface area contributed by atoms with Crippen molar-refractivity contribution in [1.82, 2.24) is 10.2 Å². The fourth-order valence-electron chi connectivity index (χ4n) is 4.37. The number of allylic oxidation sites excluding steroid dienone is 1. The fourth-order valence-corrected chi connectivity index (χ4v) is 4.37. The van der Waals surface area contributed by atoms with Crippen molar-refractivity contribution in [3.63, 3.8) is 0 Å². The highest BCUT2D eigenvalue weighted by Crippen LogP contribution is 2.32. The van der Waals surface area contributed by atoms with E-state index in [9.17, 15) is 9.59 Å². The molecule has 2 unspecified atom stereocenters. The van der Waals surface area contributed by atoms with Gasteiger partial charge in [-0.1, -0.05) is 18.2 Å². The van der Waals surface area contributed by atoms with E-state index in [2.05, 4.69) is 17.5 Å². The van der Waals surface area contributed by atoms with Gasteiger partial charge in [-0.25, -0.2) is 0 Å². The van der Waals surface area contributed by atoms with Crippen LogP contribution in [0.5, 0.6) is 5.75 Å². The number of carbonyl (C=O) groups excluding carboxylic acids is 2. The van der Waals surface area contributed by atoms with Crippen molar-refractivity contribution in [2.24, 2.45) is 17.6 Å². The molecule has 30 heavy (non-hydrogen) atoms. The maximum atomic E-state index is 12.5. The predicted octanol–water partition coefficient (Wildman–Crippen LogP) is 2.88. The van der Waals surface area contributed by atoms with Gasteiger partial charge in [-0.2, -0.15) is 0 Å². The molecule has 0 aromatic heterocycles. The van der Waals surface area contributed by atoms with Gasteiger partial charge in [-0.3, -0.25) is 9.59 Å². The Bertz CT molecular complexity index is 782. The SMILES string of the molecule is NC1C=CC(CCCNC(=O)c2cccc(OC3CCN(C(=O)C4CC4)CC3)c2)C1. The van der Waals surface area contributed by atoms with E-state index in [0.29, 0.717) is 23.9 Å². The van der Waals surface area contributed by atoms with Crippen LogP contribution in [0.1, 0.15) is 55.3 Å². The lowest BCUT2D eigenvalue weighted by molar-refractivity contribution is -0.134. The van der Waals surface area contributed by atoms with E-state index in [0.717, 1.165) is 63.8 Å². The van der Waals surface area contributed by atoms with Gasteiger partial charge in [0.05, 0.1) is 0 Å². The van der Waals surface area contributed by atoms with E-state index >= 15 is 0 Å². The van der Waals surface area contributed by atoms with E-state index in [1.165, 1.54) is 0 Å². The number of nitrogens with two attached hydrogens (primary N) is 1. The molecule has 0 bridgehead atoms. The van der Waals surface area contributed by atoms with Crippen LogP contribution in [0.4, 0.5) is 0 Å². The number of ether oxygens (including phenoxy) is 1. The van der Waals surface area contributed by atoms with Crippen LogP contribution in [0.25, 0.3) is 0 Å². The molecule has 1 saturated carbocycles. The molecule has 0 spiro atoms. The van der Waals surface area contributed by atoms with E-state index in [-0.39, 0.29) is 24.0 Å². The standard InChI is InChI=1S/C24H33N3O3/c25-20-9-6-17(15-20)3-2-12-26-23(28)19-4-1-5-22(16-19)30-21-10-13-27(14-11-21)24(29)18-7-8-18/h1,4-6,9,16-18,20-21H,2-3,7-8,10-15,25H2,(H,26,28). The van der Waals surface area contributed by atoms with Crippen molar-refractivity contribution in [3.05, 3.63) is 42.0 Å². The Morgan fingerprint density at radius 2 is 1.93 bits per heavy atom. The minimum absolute atomic E-state index is 0.0658. The quantitative estimate of drug-likeness (QED) is 0.509. The molecule has 4 rings (SSSR count). The molecule has 6 nitrogen and oxygen atoms in total. The molecule has 6 heteroatoms. The second kappa shape index (κ2) is 9.65. The Kier molecular flexibility index (Phi) is 6.72. The maximum Gasteiger partial charge on any atom is 0.251 e. The summed E-state index contributed by atoms with van der Waals surface area (Å²) in [4.78, 5) is 26.6. The van der Waals surface area contributed by atoms with E-state index in [1.54, 1.807) is 0 Å². The summed E-state index contributed by atoms with van der Waals surface area (Å²) in [7, 11) is 0. The summed E-state index contributed by atoms with van der Waals surface area (Å²) in [5.41, 5.74) is 6.51. The van der Waals surface area contributed by atoms with Gasteiger partial charge in [-0.15, -0.1) is 0 Å². The smallest absolute Gasteiger partial charge is 0.251 e. The van der Waals surface area contributed by atoms with Crippen molar-refractivity contribution in [3.8, 4) is 5.75 Å². The Labute approximate surface area is 178 Å². The lowest BCUT2D eigenvalue weighted by Gasteiger charge is -2.32. The number of benzene rings is 1. The van der Waals surface area contributed by atoms with E-state index in [4.69, 9.17) is 10.5 Å². The second-order valence-corrected chi connectivity index (χ2v) is 8.89. The van der Waals surface area contributed by atoms with Crippen molar-refractivity contribution in [2.75, 3.05) is 19.6 Å². The third-order valence-corrected chi connectivity index (χ3v) is 6.32. The van der Waals surface area contributed by atoms with Crippen molar-refractivity contribution >= 4 is 11.8 Å².